The Morgan fingerprint density at radius 2 is 1.42 bits per heavy atom. The van der Waals surface area contributed by atoms with E-state index in [0.717, 1.165) is 0 Å². The molecule has 15 unspecified atom stereocenters. The monoisotopic (exact) mass is 688 g/mol. The molecule has 0 bridgehead atoms. The van der Waals surface area contributed by atoms with Gasteiger partial charge in [-0.05, 0) is 17.7 Å². The lowest BCUT2D eigenvalue weighted by Crippen LogP contribution is -2.70. The summed E-state index contributed by atoms with van der Waals surface area (Å²) >= 11 is 0. The Kier molecular flexibility index (Phi) is 13.5. The van der Waals surface area contributed by atoms with Gasteiger partial charge >= 0.3 is 0 Å². The predicted molar refractivity (Wildman–Crippen MR) is 156 cm³/mol. The first-order valence-electron chi connectivity index (χ1n) is 14.9. The zero-order chi connectivity index (χ0) is 35.1. The van der Waals surface area contributed by atoms with Gasteiger partial charge in [-0.25, -0.2) is 0 Å². The fraction of sp³-hybridized carbons (Fsp3) is 0.704. The Bertz CT molecular complexity index is 1260. The summed E-state index contributed by atoms with van der Waals surface area (Å²) in [5.74, 6) is -0.769. The highest BCUT2D eigenvalue weighted by Crippen LogP contribution is 2.32. The zero-order valence-corrected chi connectivity index (χ0v) is 25.2. The summed E-state index contributed by atoms with van der Waals surface area (Å²) in [6.45, 7) is -2.67. The molecular weight excluding hydrogens is 648 g/mol. The van der Waals surface area contributed by atoms with Crippen molar-refractivity contribution in [2.75, 3.05) is 26.4 Å². The molecule has 3 fully saturated rings. The number of hydrogen-bond donors (Lipinski definition) is 11. The van der Waals surface area contributed by atoms with E-state index in [0.29, 0.717) is 6.29 Å². The first-order valence-corrected chi connectivity index (χ1v) is 14.9. The van der Waals surface area contributed by atoms with E-state index in [9.17, 15) is 50.4 Å². The van der Waals surface area contributed by atoms with Crippen LogP contribution in [0.15, 0.2) is 29.4 Å². The smallest absolute Gasteiger partial charge is 0.251 e. The van der Waals surface area contributed by atoms with Crippen LogP contribution < -0.4 is 16.4 Å². The molecule has 1 aromatic rings. The van der Waals surface area contributed by atoms with Gasteiger partial charge in [0.2, 0.25) is 0 Å². The van der Waals surface area contributed by atoms with Gasteiger partial charge in [-0.3, -0.25) is 4.79 Å². The lowest BCUT2D eigenvalue weighted by Gasteiger charge is -2.49. The summed E-state index contributed by atoms with van der Waals surface area (Å²) in [4.78, 5) is 26.8. The van der Waals surface area contributed by atoms with Crippen molar-refractivity contribution in [3.05, 3.63) is 40.3 Å². The number of carbonyl (C=O) groups excluding carboxylic acids is 2. The molecule has 48 heavy (non-hydrogen) atoms. The van der Waals surface area contributed by atoms with Crippen molar-refractivity contribution in [3.63, 3.8) is 0 Å². The topological polar surface area (TPSA) is 341 Å². The van der Waals surface area contributed by atoms with Crippen molar-refractivity contribution >= 4 is 17.9 Å². The average molecular weight is 689 g/mol. The number of hydrogen-bond acceptors (Lipinski definition) is 18. The number of ether oxygens (including phenoxy) is 5. The summed E-state index contributed by atoms with van der Waals surface area (Å²) in [5.41, 5.74) is 14.8. The van der Waals surface area contributed by atoms with Crippen molar-refractivity contribution in [1.29, 1.82) is 0 Å². The number of aldehydes is 1. The van der Waals surface area contributed by atoms with Gasteiger partial charge in [0, 0.05) is 16.2 Å². The molecule has 0 spiro atoms. The maximum absolute atomic E-state index is 12.9. The first-order chi connectivity index (χ1) is 23.0. The van der Waals surface area contributed by atoms with Gasteiger partial charge < -0.3 is 85.7 Å². The average Bonchev–Trinajstić information content (AvgIpc) is 3.08. The second-order valence-corrected chi connectivity index (χ2v) is 11.3. The summed E-state index contributed by atoms with van der Waals surface area (Å²) in [6, 6.07) is 1.14. The summed E-state index contributed by atoms with van der Waals surface area (Å²) < 4.78 is 28.5. The molecule has 12 N–H and O–H groups in total. The molecular formula is C27H40N6O15. The van der Waals surface area contributed by atoms with E-state index in [4.69, 9.17) is 34.9 Å². The SMILES string of the molecule is [N-]=[N+]=Nc1ccc(C(=O)NC2C(O)OC(CO)C(OC3OC(CO)C(OC4OC(CO)C(O)C(O)C4N)C(O)C3NCC=O)C2O)cc1. The molecule has 268 valence electrons. The van der Waals surface area contributed by atoms with E-state index in [1.165, 1.54) is 24.3 Å². The van der Waals surface area contributed by atoms with E-state index < -0.39 is 118 Å². The van der Waals surface area contributed by atoms with Crippen LogP contribution in [-0.2, 0) is 28.5 Å². The van der Waals surface area contributed by atoms with Crippen molar-refractivity contribution in [2.24, 2.45) is 10.8 Å². The lowest BCUT2D eigenvalue weighted by molar-refractivity contribution is -0.351. The second-order valence-electron chi connectivity index (χ2n) is 11.3. The highest BCUT2D eigenvalue weighted by atomic mass is 16.7. The molecule has 1 aromatic carbocycles. The Morgan fingerprint density at radius 1 is 0.854 bits per heavy atom. The first kappa shape index (κ1) is 37.9. The summed E-state index contributed by atoms with van der Waals surface area (Å²) in [7, 11) is 0. The minimum atomic E-state index is -1.83. The van der Waals surface area contributed by atoms with E-state index in [2.05, 4.69) is 20.7 Å². The molecule has 0 saturated carbocycles. The minimum Gasteiger partial charge on any atom is -0.394 e. The number of amides is 1. The number of aliphatic hydroxyl groups excluding tert-OH is 8. The van der Waals surface area contributed by atoms with Gasteiger partial charge in [0.15, 0.2) is 18.9 Å². The summed E-state index contributed by atoms with van der Waals surface area (Å²) in [5, 5.41) is 91.9. The largest absolute Gasteiger partial charge is 0.394 e. The van der Waals surface area contributed by atoms with Crippen LogP contribution in [0.2, 0.25) is 0 Å². The molecule has 21 heteroatoms. The number of nitrogens with two attached hydrogens (primary N) is 1. The number of benzene rings is 1. The van der Waals surface area contributed by atoms with Crippen molar-refractivity contribution < 1.29 is 74.1 Å². The lowest BCUT2D eigenvalue weighted by atomic mass is 9.93. The third-order valence-corrected chi connectivity index (χ3v) is 8.26. The molecule has 3 aliphatic rings. The van der Waals surface area contributed by atoms with Crippen LogP contribution >= 0.6 is 0 Å². The zero-order valence-electron chi connectivity index (χ0n) is 25.2. The van der Waals surface area contributed by atoms with Crippen molar-refractivity contribution in [3.8, 4) is 0 Å². The predicted octanol–water partition coefficient (Wildman–Crippen LogP) is -5.43. The standard InChI is InChI=1S/C27H40N6O15/c28-15-19(39)18(38)12(7-35)45-26(15)47-23-14(9-37)46-27(17(21(23)41)30-5-6-34)48-22-13(8-36)44-25(43)16(20(22)40)31-24(42)10-1-3-11(4-2-10)32-33-29/h1-4,6,12-23,25-27,30,35-41,43H,5,7-9,28H2,(H,31,42). The molecule has 3 aliphatic heterocycles. The van der Waals surface area contributed by atoms with E-state index in [-0.39, 0.29) is 17.8 Å². The van der Waals surface area contributed by atoms with Crippen LogP contribution in [0.25, 0.3) is 10.4 Å². The summed E-state index contributed by atoms with van der Waals surface area (Å²) in [6.07, 6.45) is -18.2. The van der Waals surface area contributed by atoms with Gasteiger partial charge in [-0.1, -0.05) is 17.2 Å². The quantitative estimate of drug-likeness (QED) is 0.0398. The fourth-order valence-electron chi connectivity index (χ4n) is 5.66. The normalized spacial score (nSPS) is 40.1. The number of aliphatic hydroxyl groups is 8. The van der Waals surface area contributed by atoms with Crippen molar-refractivity contribution in [1.82, 2.24) is 10.6 Å². The van der Waals surface area contributed by atoms with Crippen LogP contribution in [0.3, 0.4) is 0 Å². The molecule has 4 rings (SSSR count). The molecule has 3 heterocycles. The van der Waals surface area contributed by atoms with Gasteiger partial charge in [-0.2, -0.15) is 0 Å². The van der Waals surface area contributed by atoms with Gasteiger partial charge in [0.05, 0.1) is 38.4 Å². The molecule has 1 amide bonds. The van der Waals surface area contributed by atoms with E-state index >= 15 is 0 Å². The number of carbonyl (C=O) groups is 2. The molecule has 0 radical (unpaired) electrons. The van der Waals surface area contributed by atoms with Crippen molar-refractivity contribution in [2.45, 2.75) is 91.9 Å². The number of nitrogens with one attached hydrogen (secondary N) is 2. The molecule has 0 aliphatic carbocycles. The maximum Gasteiger partial charge on any atom is 0.251 e. The van der Waals surface area contributed by atoms with E-state index in [1.807, 2.05) is 0 Å². The maximum atomic E-state index is 12.9. The van der Waals surface area contributed by atoms with Crippen LogP contribution in [0.4, 0.5) is 5.69 Å². The Balaban J connectivity index is 1.53. The van der Waals surface area contributed by atoms with Gasteiger partial charge in [0.1, 0.15) is 67.3 Å². The van der Waals surface area contributed by atoms with Gasteiger partial charge in [-0.15, -0.1) is 0 Å². The molecule has 3 saturated heterocycles. The molecule has 0 aromatic heterocycles. The van der Waals surface area contributed by atoms with Crippen LogP contribution in [0.1, 0.15) is 10.4 Å². The highest BCUT2D eigenvalue weighted by molar-refractivity contribution is 5.94. The Hall–Kier alpha value is -2.93. The minimum absolute atomic E-state index is 0.0655. The third kappa shape index (κ3) is 8.26. The molecule has 21 nitrogen and oxygen atoms in total. The third-order valence-electron chi connectivity index (χ3n) is 8.26. The number of rotatable bonds is 13. The number of azide groups is 1. The Morgan fingerprint density at radius 3 is 2.00 bits per heavy atom. The fourth-order valence-corrected chi connectivity index (χ4v) is 5.66. The Labute approximate surface area is 272 Å². The highest BCUT2D eigenvalue weighted by Gasteiger charge is 2.53. The van der Waals surface area contributed by atoms with Crippen LogP contribution in [0.5, 0.6) is 0 Å². The van der Waals surface area contributed by atoms with Crippen LogP contribution in [-0.4, -0.2) is 171 Å². The molecule has 15 atom stereocenters. The van der Waals surface area contributed by atoms with Gasteiger partial charge in [0.25, 0.3) is 5.91 Å². The number of nitrogens with zero attached hydrogens (tertiary/aromatic N) is 3. The van der Waals surface area contributed by atoms with Crippen LogP contribution in [0, 0.1) is 0 Å². The van der Waals surface area contributed by atoms with E-state index in [1.54, 1.807) is 0 Å². The second kappa shape index (κ2) is 17.1.